The van der Waals surface area contributed by atoms with Gasteiger partial charge in [0.05, 0.1) is 5.75 Å². The van der Waals surface area contributed by atoms with E-state index in [-0.39, 0.29) is 10.9 Å². The highest BCUT2D eigenvalue weighted by Gasteiger charge is 1.96. The van der Waals surface area contributed by atoms with Gasteiger partial charge in [0.1, 0.15) is 5.82 Å². The zero-order valence-corrected chi connectivity index (χ0v) is 9.45. The van der Waals surface area contributed by atoms with Crippen molar-refractivity contribution in [2.45, 2.75) is 13.8 Å². The second-order valence-electron chi connectivity index (χ2n) is 3.04. The summed E-state index contributed by atoms with van der Waals surface area (Å²) in [6.07, 6.45) is 0. The van der Waals surface area contributed by atoms with Crippen molar-refractivity contribution in [3.63, 3.8) is 0 Å². The molecule has 0 radical (unpaired) electrons. The lowest BCUT2D eigenvalue weighted by atomic mass is 10.1. The van der Waals surface area contributed by atoms with Crippen molar-refractivity contribution in [3.05, 3.63) is 35.1 Å². The summed E-state index contributed by atoms with van der Waals surface area (Å²) in [7, 11) is 0. The number of halogens is 1. The molecule has 1 aromatic rings. The lowest BCUT2D eigenvalue weighted by Crippen LogP contribution is -1.85. The maximum atomic E-state index is 12.7. The standard InChI is InChI=1S/C12H11FOS/c1-9-8-12(13)6-5-11(9)4-3-7-15-10(2)14/h5-6,8H,7H2,1-2H3. The molecule has 0 aromatic heterocycles. The van der Waals surface area contributed by atoms with E-state index in [4.69, 9.17) is 0 Å². The van der Waals surface area contributed by atoms with Crippen molar-refractivity contribution in [3.8, 4) is 11.8 Å². The van der Waals surface area contributed by atoms with Gasteiger partial charge in [-0.1, -0.05) is 23.6 Å². The first-order chi connectivity index (χ1) is 7.09. The molecule has 0 heterocycles. The number of hydrogen-bond donors (Lipinski definition) is 0. The van der Waals surface area contributed by atoms with E-state index in [0.29, 0.717) is 5.75 Å². The first-order valence-electron chi connectivity index (χ1n) is 4.48. The molecule has 0 unspecified atom stereocenters. The molecule has 0 spiro atoms. The van der Waals surface area contributed by atoms with Gasteiger partial charge in [0.2, 0.25) is 0 Å². The largest absolute Gasteiger partial charge is 0.288 e. The maximum absolute atomic E-state index is 12.7. The number of benzene rings is 1. The molecule has 15 heavy (non-hydrogen) atoms. The average Bonchev–Trinajstić information content (AvgIpc) is 2.14. The van der Waals surface area contributed by atoms with E-state index in [1.165, 1.54) is 30.8 Å². The Kier molecular flexibility index (Phi) is 4.38. The summed E-state index contributed by atoms with van der Waals surface area (Å²) in [4.78, 5) is 10.6. The van der Waals surface area contributed by atoms with Gasteiger partial charge in [0, 0.05) is 12.5 Å². The van der Waals surface area contributed by atoms with Crippen LogP contribution in [-0.2, 0) is 4.79 Å². The highest BCUT2D eigenvalue weighted by molar-refractivity contribution is 8.13. The minimum absolute atomic E-state index is 0.0557. The van der Waals surface area contributed by atoms with Crippen LogP contribution in [0.5, 0.6) is 0 Å². The van der Waals surface area contributed by atoms with Crippen molar-refractivity contribution in [2.24, 2.45) is 0 Å². The zero-order chi connectivity index (χ0) is 11.3. The fourth-order valence-electron chi connectivity index (χ4n) is 1.04. The molecule has 0 saturated heterocycles. The second kappa shape index (κ2) is 5.57. The van der Waals surface area contributed by atoms with Crippen molar-refractivity contribution in [2.75, 3.05) is 5.75 Å². The van der Waals surface area contributed by atoms with Gasteiger partial charge in [0.15, 0.2) is 5.12 Å². The molecule has 0 bridgehead atoms. The molecule has 1 rings (SSSR count). The van der Waals surface area contributed by atoms with Crippen LogP contribution >= 0.6 is 11.8 Å². The quantitative estimate of drug-likeness (QED) is 0.680. The number of carbonyl (C=O) groups excluding carboxylic acids is 1. The molecule has 0 N–H and O–H groups in total. The Morgan fingerprint density at radius 1 is 1.53 bits per heavy atom. The minimum Gasteiger partial charge on any atom is -0.288 e. The third kappa shape index (κ3) is 4.18. The molecule has 3 heteroatoms. The first kappa shape index (κ1) is 11.8. The molecule has 0 atom stereocenters. The lowest BCUT2D eigenvalue weighted by Gasteiger charge is -1.96. The van der Waals surface area contributed by atoms with Crippen LogP contribution in [0.3, 0.4) is 0 Å². The van der Waals surface area contributed by atoms with E-state index in [1.54, 1.807) is 6.07 Å². The Labute approximate surface area is 93.1 Å². The average molecular weight is 222 g/mol. The van der Waals surface area contributed by atoms with E-state index < -0.39 is 0 Å². The SMILES string of the molecule is CC(=O)SCC#Cc1ccc(F)cc1C. The predicted octanol–water partition coefficient (Wildman–Crippen LogP) is 2.77. The van der Waals surface area contributed by atoms with Gasteiger partial charge < -0.3 is 0 Å². The molecule has 1 aromatic carbocycles. The third-order valence-corrected chi connectivity index (χ3v) is 2.45. The Bertz CT molecular complexity index is 429. The van der Waals surface area contributed by atoms with E-state index in [2.05, 4.69) is 11.8 Å². The van der Waals surface area contributed by atoms with Crippen LogP contribution in [0, 0.1) is 24.6 Å². The van der Waals surface area contributed by atoms with Crippen molar-refractivity contribution in [1.29, 1.82) is 0 Å². The molecule has 0 amide bonds. The molecule has 0 aliphatic rings. The van der Waals surface area contributed by atoms with Crippen molar-refractivity contribution in [1.82, 2.24) is 0 Å². The van der Waals surface area contributed by atoms with Gasteiger partial charge in [-0.15, -0.1) is 0 Å². The lowest BCUT2D eigenvalue weighted by molar-refractivity contribution is -0.109. The second-order valence-corrected chi connectivity index (χ2v) is 4.19. The van der Waals surface area contributed by atoms with Gasteiger partial charge in [-0.2, -0.15) is 0 Å². The van der Waals surface area contributed by atoms with Crippen LogP contribution in [0.15, 0.2) is 18.2 Å². The number of carbonyl (C=O) groups is 1. The Hall–Kier alpha value is -1.27. The summed E-state index contributed by atoms with van der Waals surface area (Å²) in [6.45, 7) is 3.32. The number of aryl methyl sites for hydroxylation is 1. The van der Waals surface area contributed by atoms with Crippen LogP contribution in [0.1, 0.15) is 18.1 Å². The van der Waals surface area contributed by atoms with Gasteiger partial charge >= 0.3 is 0 Å². The molecule has 78 valence electrons. The maximum Gasteiger partial charge on any atom is 0.186 e. The molecular formula is C12H11FOS. The molecule has 0 aliphatic heterocycles. The van der Waals surface area contributed by atoms with Crippen LogP contribution in [-0.4, -0.2) is 10.9 Å². The van der Waals surface area contributed by atoms with Crippen LogP contribution in [0.2, 0.25) is 0 Å². The van der Waals surface area contributed by atoms with Crippen molar-refractivity contribution >= 4 is 16.9 Å². The minimum atomic E-state index is -0.254. The first-order valence-corrected chi connectivity index (χ1v) is 5.46. The van der Waals surface area contributed by atoms with Gasteiger partial charge in [-0.25, -0.2) is 4.39 Å². The molecule has 0 saturated carbocycles. The topological polar surface area (TPSA) is 17.1 Å². The van der Waals surface area contributed by atoms with Gasteiger partial charge in [-0.3, -0.25) is 4.79 Å². The Balaban J connectivity index is 2.67. The fraction of sp³-hybridized carbons (Fsp3) is 0.250. The van der Waals surface area contributed by atoms with Gasteiger partial charge in [0.25, 0.3) is 0 Å². The van der Waals surface area contributed by atoms with Crippen LogP contribution in [0.25, 0.3) is 0 Å². The summed E-state index contributed by atoms with van der Waals surface area (Å²) in [5.41, 5.74) is 1.62. The summed E-state index contributed by atoms with van der Waals surface area (Å²) in [5.74, 6) is 5.99. The monoisotopic (exact) mass is 222 g/mol. The fourth-order valence-corrected chi connectivity index (χ4v) is 1.38. The van der Waals surface area contributed by atoms with E-state index in [0.717, 1.165) is 11.1 Å². The molecule has 0 aliphatic carbocycles. The van der Waals surface area contributed by atoms with Crippen molar-refractivity contribution < 1.29 is 9.18 Å². The van der Waals surface area contributed by atoms with Crippen LogP contribution in [0.4, 0.5) is 4.39 Å². The number of thioether (sulfide) groups is 1. The third-order valence-electron chi connectivity index (χ3n) is 1.76. The molecule has 0 fully saturated rings. The number of rotatable bonds is 1. The van der Waals surface area contributed by atoms with Gasteiger partial charge in [-0.05, 0) is 30.7 Å². The predicted molar refractivity (Wildman–Crippen MR) is 61.2 cm³/mol. The molecule has 1 nitrogen and oxygen atoms in total. The van der Waals surface area contributed by atoms with E-state index in [1.807, 2.05) is 6.92 Å². The summed E-state index contributed by atoms with van der Waals surface area (Å²) in [5, 5.41) is 0.0557. The van der Waals surface area contributed by atoms with E-state index in [9.17, 15) is 9.18 Å². The summed E-state index contributed by atoms with van der Waals surface area (Å²) < 4.78 is 12.7. The highest BCUT2D eigenvalue weighted by atomic mass is 32.2. The number of hydrogen-bond acceptors (Lipinski definition) is 2. The van der Waals surface area contributed by atoms with E-state index >= 15 is 0 Å². The highest BCUT2D eigenvalue weighted by Crippen LogP contribution is 2.08. The zero-order valence-electron chi connectivity index (χ0n) is 8.63. The summed E-state index contributed by atoms with van der Waals surface area (Å²) >= 11 is 1.17. The van der Waals surface area contributed by atoms with Crippen LogP contribution < -0.4 is 0 Å². The molecular weight excluding hydrogens is 211 g/mol. The normalized spacial score (nSPS) is 9.27. The smallest absolute Gasteiger partial charge is 0.186 e. The Morgan fingerprint density at radius 2 is 2.27 bits per heavy atom. The summed E-state index contributed by atoms with van der Waals surface area (Å²) in [6, 6.07) is 4.48. The Morgan fingerprint density at radius 3 is 2.87 bits per heavy atom.